The Kier molecular flexibility index (Phi) is 6.60. The van der Waals surface area contributed by atoms with E-state index < -0.39 is 0 Å². The maximum atomic E-state index is 13.1. The summed E-state index contributed by atoms with van der Waals surface area (Å²) in [6, 6.07) is 11.3. The van der Waals surface area contributed by atoms with Crippen LogP contribution in [-0.4, -0.2) is 12.5 Å². The zero-order valence-corrected chi connectivity index (χ0v) is 15.0. The molecular weight excluding hydrogens is 350 g/mol. The van der Waals surface area contributed by atoms with Crippen molar-refractivity contribution >= 4 is 34.8 Å². The summed E-state index contributed by atoms with van der Waals surface area (Å²) in [5.41, 5.74) is 1.48. The number of quaternary nitrogens is 1. The summed E-state index contributed by atoms with van der Waals surface area (Å²) in [4.78, 5) is 12.2. The largest absolute Gasteiger partial charge is 0.332 e. The number of carbonyl (C=O) groups is 1. The van der Waals surface area contributed by atoms with E-state index in [1.54, 1.807) is 30.3 Å². The molecule has 1 amide bonds. The first-order valence-corrected chi connectivity index (χ1v) is 8.46. The molecular formula is C18H20Cl2FN2O+. The summed E-state index contributed by atoms with van der Waals surface area (Å²) in [5.74, 6) is -0.153. The van der Waals surface area contributed by atoms with Crippen LogP contribution in [-0.2, 0) is 4.79 Å². The lowest BCUT2D eigenvalue weighted by Crippen LogP contribution is -2.88. The third-order valence-electron chi connectivity index (χ3n) is 3.73. The lowest BCUT2D eigenvalue weighted by molar-refractivity contribution is -0.692. The number of halogens is 3. The minimum Gasteiger partial charge on any atom is -0.332 e. The van der Waals surface area contributed by atoms with Crippen LogP contribution >= 0.6 is 23.2 Å². The van der Waals surface area contributed by atoms with Gasteiger partial charge in [-0.2, -0.15) is 0 Å². The van der Waals surface area contributed by atoms with Crippen molar-refractivity contribution in [3.05, 3.63) is 63.9 Å². The van der Waals surface area contributed by atoms with Gasteiger partial charge in [0.25, 0.3) is 5.91 Å². The highest BCUT2D eigenvalue weighted by molar-refractivity contribution is 6.35. The standard InChI is InChI=1S/C18H19Cl2FN2O/c1-11(2)18(12-3-6-14(21)7-4-12)22-10-17(24)23-16-9-13(19)5-8-15(16)20/h3-9,11,18,22H,10H2,1-2H3,(H,23,24)/p+1/t18-/m1/s1. The fraction of sp³-hybridized carbons (Fsp3) is 0.278. The monoisotopic (exact) mass is 369 g/mol. The fourth-order valence-corrected chi connectivity index (χ4v) is 2.84. The van der Waals surface area contributed by atoms with Crippen molar-refractivity contribution in [2.45, 2.75) is 19.9 Å². The van der Waals surface area contributed by atoms with E-state index in [-0.39, 0.29) is 30.2 Å². The zero-order valence-electron chi connectivity index (χ0n) is 13.5. The minimum atomic E-state index is -0.269. The summed E-state index contributed by atoms with van der Waals surface area (Å²) >= 11 is 12.0. The molecule has 0 fully saturated rings. The van der Waals surface area contributed by atoms with E-state index in [0.29, 0.717) is 15.7 Å². The molecule has 0 aliphatic carbocycles. The van der Waals surface area contributed by atoms with Gasteiger partial charge in [0.1, 0.15) is 11.9 Å². The van der Waals surface area contributed by atoms with Crippen molar-refractivity contribution in [1.82, 2.24) is 0 Å². The number of benzene rings is 2. The molecule has 128 valence electrons. The van der Waals surface area contributed by atoms with Crippen molar-refractivity contribution in [3.63, 3.8) is 0 Å². The molecule has 3 N–H and O–H groups in total. The Labute approximate surface area is 151 Å². The second-order valence-corrected chi connectivity index (χ2v) is 6.78. The van der Waals surface area contributed by atoms with Crippen LogP contribution in [0.4, 0.5) is 10.1 Å². The van der Waals surface area contributed by atoms with Gasteiger partial charge in [-0.25, -0.2) is 4.39 Å². The first kappa shape index (κ1) is 18.7. The van der Waals surface area contributed by atoms with E-state index in [2.05, 4.69) is 19.2 Å². The minimum absolute atomic E-state index is 0.0613. The molecule has 0 unspecified atom stereocenters. The summed E-state index contributed by atoms with van der Waals surface area (Å²) in [6.07, 6.45) is 0. The number of anilines is 1. The molecule has 1 atom stereocenters. The van der Waals surface area contributed by atoms with Crippen LogP contribution in [0.3, 0.4) is 0 Å². The smallest absolute Gasteiger partial charge is 0.279 e. The molecule has 6 heteroatoms. The number of amides is 1. The maximum absolute atomic E-state index is 13.1. The van der Waals surface area contributed by atoms with E-state index in [0.717, 1.165) is 5.56 Å². The first-order valence-electron chi connectivity index (χ1n) is 7.70. The fourth-order valence-electron chi connectivity index (χ4n) is 2.51. The van der Waals surface area contributed by atoms with Crippen LogP contribution in [0.2, 0.25) is 10.0 Å². The molecule has 0 saturated heterocycles. The number of hydrogen-bond acceptors (Lipinski definition) is 1. The molecule has 0 aromatic heterocycles. The van der Waals surface area contributed by atoms with Gasteiger partial charge in [-0.15, -0.1) is 0 Å². The Morgan fingerprint density at radius 1 is 1.17 bits per heavy atom. The van der Waals surface area contributed by atoms with Crippen LogP contribution in [0.15, 0.2) is 42.5 Å². The normalized spacial score (nSPS) is 12.2. The third kappa shape index (κ3) is 5.20. The lowest BCUT2D eigenvalue weighted by Gasteiger charge is -2.19. The zero-order chi connectivity index (χ0) is 17.7. The molecule has 0 radical (unpaired) electrons. The molecule has 0 bridgehead atoms. The topological polar surface area (TPSA) is 45.7 Å². The lowest BCUT2D eigenvalue weighted by atomic mass is 9.96. The Morgan fingerprint density at radius 3 is 2.46 bits per heavy atom. The number of carbonyl (C=O) groups excluding carboxylic acids is 1. The molecule has 0 aliphatic heterocycles. The van der Waals surface area contributed by atoms with Crippen molar-refractivity contribution < 1.29 is 14.5 Å². The van der Waals surface area contributed by atoms with E-state index >= 15 is 0 Å². The van der Waals surface area contributed by atoms with Crippen molar-refractivity contribution in [3.8, 4) is 0 Å². The van der Waals surface area contributed by atoms with Gasteiger partial charge in [-0.3, -0.25) is 4.79 Å². The predicted molar refractivity (Wildman–Crippen MR) is 95.9 cm³/mol. The number of nitrogens with one attached hydrogen (secondary N) is 1. The highest BCUT2D eigenvalue weighted by Crippen LogP contribution is 2.25. The Hall–Kier alpha value is -1.62. The van der Waals surface area contributed by atoms with Crippen LogP contribution in [0.5, 0.6) is 0 Å². The van der Waals surface area contributed by atoms with Gasteiger partial charge in [0, 0.05) is 16.5 Å². The summed E-state index contributed by atoms with van der Waals surface area (Å²) in [6.45, 7) is 4.36. The van der Waals surface area contributed by atoms with Gasteiger partial charge in [0.05, 0.1) is 10.7 Å². The molecule has 0 saturated carbocycles. The highest BCUT2D eigenvalue weighted by Gasteiger charge is 2.20. The summed E-state index contributed by atoms with van der Waals surface area (Å²) < 4.78 is 13.1. The van der Waals surface area contributed by atoms with E-state index in [9.17, 15) is 9.18 Å². The van der Waals surface area contributed by atoms with Crippen LogP contribution in [0.25, 0.3) is 0 Å². The molecule has 0 spiro atoms. The van der Waals surface area contributed by atoms with E-state index in [4.69, 9.17) is 23.2 Å². The van der Waals surface area contributed by atoms with Gasteiger partial charge in [0.2, 0.25) is 0 Å². The van der Waals surface area contributed by atoms with Gasteiger partial charge >= 0.3 is 0 Å². The molecule has 2 aromatic rings. The molecule has 2 aromatic carbocycles. The molecule has 24 heavy (non-hydrogen) atoms. The van der Waals surface area contributed by atoms with Gasteiger partial charge in [-0.1, -0.05) is 49.2 Å². The van der Waals surface area contributed by atoms with Crippen LogP contribution in [0.1, 0.15) is 25.5 Å². The Balaban J connectivity index is 2.00. The summed E-state index contributed by atoms with van der Waals surface area (Å²) in [7, 11) is 0. The molecule has 0 aliphatic rings. The van der Waals surface area contributed by atoms with Crippen molar-refractivity contribution in [1.29, 1.82) is 0 Å². The second-order valence-electron chi connectivity index (χ2n) is 5.93. The Morgan fingerprint density at radius 2 is 1.83 bits per heavy atom. The van der Waals surface area contributed by atoms with Crippen LogP contribution in [0, 0.1) is 11.7 Å². The van der Waals surface area contributed by atoms with Gasteiger partial charge < -0.3 is 10.6 Å². The SMILES string of the molecule is CC(C)[C@@H]([NH2+]CC(=O)Nc1cc(Cl)ccc1Cl)c1ccc(F)cc1. The van der Waals surface area contributed by atoms with Gasteiger partial charge in [-0.05, 0) is 30.3 Å². The summed E-state index contributed by atoms with van der Waals surface area (Å²) in [5, 5.41) is 5.64. The van der Waals surface area contributed by atoms with Crippen LogP contribution < -0.4 is 10.6 Å². The molecule has 3 nitrogen and oxygen atoms in total. The molecule has 0 heterocycles. The Bertz CT molecular complexity index is 705. The number of rotatable bonds is 6. The maximum Gasteiger partial charge on any atom is 0.279 e. The van der Waals surface area contributed by atoms with Gasteiger partial charge in [0.15, 0.2) is 6.54 Å². The van der Waals surface area contributed by atoms with Crippen molar-refractivity contribution in [2.75, 3.05) is 11.9 Å². The second kappa shape index (κ2) is 8.47. The average molecular weight is 370 g/mol. The van der Waals surface area contributed by atoms with E-state index in [1.807, 2.05) is 5.32 Å². The van der Waals surface area contributed by atoms with E-state index in [1.165, 1.54) is 12.1 Å². The van der Waals surface area contributed by atoms with Crippen molar-refractivity contribution in [2.24, 2.45) is 5.92 Å². The number of nitrogens with two attached hydrogens (primary N) is 1. The predicted octanol–water partition coefficient (Wildman–Crippen LogP) is 4.03. The number of hydrogen-bond donors (Lipinski definition) is 2. The average Bonchev–Trinajstić information content (AvgIpc) is 2.52. The highest BCUT2D eigenvalue weighted by atomic mass is 35.5. The molecule has 2 rings (SSSR count). The quantitative estimate of drug-likeness (QED) is 0.792. The first-order chi connectivity index (χ1) is 11.4. The third-order valence-corrected chi connectivity index (χ3v) is 4.30.